The second-order valence-corrected chi connectivity index (χ2v) is 3.63. The molecule has 108 valence electrons. The lowest BCUT2D eigenvalue weighted by molar-refractivity contribution is -0.140. The van der Waals surface area contributed by atoms with Gasteiger partial charge in [-0.25, -0.2) is 9.78 Å². The van der Waals surface area contributed by atoms with E-state index in [0.29, 0.717) is 5.39 Å². The standard InChI is InChI=1S/C11H7F3N2O2.CH3Cl/c12-11(13,14)9-2-1-5-3-7(15)6(10(17)18)4-8(5)16-9;1-2/h1-4H,15H2,(H,17,18);1H3. The molecule has 0 unspecified atom stereocenters. The van der Waals surface area contributed by atoms with E-state index in [0.717, 1.165) is 12.1 Å². The number of rotatable bonds is 1. The summed E-state index contributed by atoms with van der Waals surface area (Å²) >= 11 is 4.64. The van der Waals surface area contributed by atoms with Crippen LogP contribution in [-0.4, -0.2) is 22.4 Å². The number of carbonyl (C=O) groups is 1. The Kier molecular flexibility index (Phi) is 4.78. The number of hydrogen-bond donors (Lipinski definition) is 2. The lowest BCUT2D eigenvalue weighted by Gasteiger charge is -2.08. The lowest BCUT2D eigenvalue weighted by atomic mass is 10.1. The van der Waals surface area contributed by atoms with Crippen LogP contribution in [-0.2, 0) is 6.18 Å². The first-order chi connectivity index (χ1) is 9.29. The molecule has 0 atom stereocenters. The van der Waals surface area contributed by atoms with Crippen LogP contribution in [0.3, 0.4) is 0 Å². The Morgan fingerprint density at radius 3 is 2.40 bits per heavy atom. The second-order valence-electron chi connectivity index (χ2n) is 3.63. The molecule has 1 aromatic carbocycles. The van der Waals surface area contributed by atoms with Crippen LogP contribution >= 0.6 is 11.6 Å². The molecular weight excluding hydrogens is 297 g/mol. The van der Waals surface area contributed by atoms with E-state index in [-0.39, 0.29) is 16.8 Å². The highest BCUT2D eigenvalue weighted by atomic mass is 35.5. The van der Waals surface area contributed by atoms with E-state index in [1.54, 1.807) is 0 Å². The molecule has 1 heterocycles. The number of fused-ring (bicyclic) bond motifs is 1. The van der Waals surface area contributed by atoms with Gasteiger partial charge in [-0.05, 0) is 18.2 Å². The van der Waals surface area contributed by atoms with Gasteiger partial charge in [-0.1, -0.05) is 6.07 Å². The van der Waals surface area contributed by atoms with Crippen molar-refractivity contribution in [1.82, 2.24) is 4.98 Å². The van der Waals surface area contributed by atoms with Gasteiger partial charge in [0.1, 0.15) is 5.69 Å². The Morgan fingerprint density at radius 1 is 1.30 bits per heavy atom. The van der Waals surface area contributed by atoms with E-state index < -0.39 is 17.8 Å². The number of nitrogens with zero attached hydrogens (tertiary/aromatic N) is 1. The molecule has 2 aromatic rings. The highest BCUT2D eigenvalue weighted by Crippen LogP contribution is 2.30. The van der Waals surface area contributed by atoms with Gasteiger partial charge in [-0.3, -0.25) is 0 Å². The molecule has 3 N–H and O–H groups in total. The first kappa shape index (κ1) is 16.0. The summed E-state index contributed by atoms with van der Waals surface area (Å²) < 4.78 is 37.4. The Bertz CT molecular complexity index is 644. The number of halogens is 4. The number of hydrogen-bond acceptors (Lipinski definition) is 3. The van der Waals surface area contributed by atoms with Gasteiger partial charge in [-0.2, -0.15) is 13.2 Å². The molecule has 20 heavy (non-hydrogen) atoms. The maximum absolute atomic E-state index is 12.5. The number of aromatic nitrogens is 1. The van der Waals surface area contributed by atoms with Gasteiger partial charge in [0, 0.05) is 17.5 Å². The number of aromatic carboxylic acids is 1. The molecule has 8 heteroatoms. The third kappa shape index (κ3) is 3.30. The number of anilines is 1. The van der Waals surface area contributed by atoms with Crippen molar-refractivity contribution in [2.45, 2.75) is 6.18 Å². The second kappa shape index (κ2) is 5.96. The van der Waals surface area contributed by atoms with Crippen molar-refractivity contribution < 1.29 is 23.1 Å². The summed E-state index contributed by atoms with van der Waals surface area (Å²) in [6.07, 6.45) is -3.10. The Morgan fingerprint density at radius 2 is 1.90 bits per heavy atom. The largest absolute Gasteiger partial charge is 0.478 e. The summed E-state index contributed by atoms with van der Waals surface area (Å²) in [4.78, 5) is 14.2. The number of nitrogen functional groups attached to an aromatic ring is 1. The number of pyridine rings is 1. The minimum absolute atomic E-state index is 0.0171. The molecule has 0 radical (unpaired) electrons. The van der Waals surface area contributed by atoms with Crippen molar-refractivity contribution in [1.29, 1.82) is 0 Å². The van der Waals surface area contributed by atoms with Crippen molar-refractivity contribution in [3.63, 3.8) is 0 Å². The fourth-order valence-electron chi connectivity index (χ4n) is 1.53. The van der Waals surface area contributed by atoms with Crippen LogP contribution < -0.4 is 5.73 Å². The number of carboxylic acid groups (broad SMARTS) is 1. The molecule has 1 aromatic heterocycles. The summed E-state index contributed by atoms with van der Waals surface area (Å²) in [6.45, 7) is 0. The molecular formula is C12H10ClF3N2O2. The van der Waals surface area contributed by atoms with Gasteiger partial charge in [-0.15, -0.1) is 11.6 Å². The van der Waals surface area contributed by atoms with Crippen molar-refractivity contribution in [2.24, 2.45) is 0 Å². The minimum atomic E-state index is -4.57. The van der Waals surface area contributed by atoms with E-state index in [1.807, 2.05) is 0 Å². The number of carboxylic acids is 1. The van der Waals surface area contributed by atoms with E-state index in [2.05, 4.69) is 16.6 Å². The smallest absolute Gasteiger partial charge is 0.433 e. The fraction of sp³-hybridized carbons (Fsp3) is 0.167. The summed E-state index contributed by atoms with van der Waals surface area (Å²) in [7, 11) is 0. The molecule has 0 amide bonds. The maximum atomic E-state index is 12.5. The third-order valence-electron chi connectivity index (χ3n) is 2.38. The SMILES string of the molecule is CCl.Nc1cc2ccc(C(F)(F)F)nc2cc1C(=O)O. The maximum Gasteiger partial charge on any atom is 0.433 e. The predicted octanol–water partition coefficient (Wildman–Crippen LogP) is 3.39. The van der Waals surface area contributed by atoms with Crippen LogP contribution in [0.15, 0.2) is 24.3 Å². The van der Waals surface area contributed by atoms with Crippen molar-refractivity contribution in [3.8, 4) is 0 Å². The molecule has 0 saturated heterocycles. The van der Waals surface area contributed by atoms with Gasteiger partial charge in [0.05, 0.1) is 11.1 Å². The van der Waals surface area contributed by atoms with Gasteiger partial charge >= 0.3 is 12.1 Å². The minimum Gasteiger partial charge on any atom is -0.478 e. The molecule has 0 spiro atoms. The highest BCUT2D eigenvalue weighted by molar-refractivity contribution is 6.15. The van der Waals surface area contributed by atoms with Crippen LogP contribution in [0.2, 0.25) is 0 Å². The van der Waals surface area contributed by atoms with Gasteiger partial charge < -0.3 is 10.8 Å². The van der Waals surface area contributed by atoms with Gasteiger partial charge in [0.2, 0.25) is 0 Å². The lowest BCUT2D eigenvalue weighted by Crippen LogP contribution is -2.08. The van der Waals surface area contributed by atoms with Crippen LogP contribution in [0.25, 0.3) is 10.9 Å². The van der Waals surface area contributed by atoms with E-state index in [1.165, 1.54) is 18.5 Å². The van der Waals surface area contributed by atoms with Crippen LogP contribution in [0, 0.1) is 0 Å². The summed E-state index contributed by atoms with van der Waals surface area (Å²) in [5.74, 6) is -1.31. The molecule has 0 saturated carbocycles. The monoisotopic (exact) mass is 306 g/mol. The van der Waals surface area contributed by atoms with Gasteiger partial charge in [0.25, 0.3) is 0 Å². The zero-order valence-corrected chi connectivity index (χ0v) is 11.0. The third-order valence-corrected chi connectivity index (χ3v) is 2.38. The number of nitrogens with two attached hydrogens (primary N) is 1. The van der Waals surface area contributed by atoms with Gasteiger partial charge in [0.15, 0.2) is 0 Å². The van der Waals surface area contributed by atoms with Crippen molar-refractivity contribution in [3.05, 3.63) is 35.5 Å². The Labute approximate surface area is 117 Å². The molecule has 0 aliphatic heterocycles. The summed E-state index contributed by atoms with van der Waals surface area (Å²) in [6, 6.07) is 4.34. The van der Waals surface area contributed by atoms with Crippen LogP contribution in [0.1, 0.15) is 16.1 Å². The molecule has 0 fully saturated rings. The molecule has 0 aliphatic rings. The van der Waals surface area contributed by atoms with Crippen molar-refractivity contribution in [2.75, 3.05) is 12.1 Å². The van der Waals surface area contributed by atoms with E-state index in [9.17, 15) is 18.0 Å². The summed E-state index contributed by atoms with van der Waals surface area (Å²) in [5.41, 5.74) is 4.06. The predicted molar refractivity (Wildman–Crippen MR) is 69.9 cm³/mol. The number of benzene rings is 1. The topological polar surface area (TPSA) is 76.2 Å². The Hall–Kier alpha value is -2.02. The van der Waals surface area contributed by atoms with E-state index >= 15 is 0 Å². The van der Waals surface area contributed by atoms with Crippen molar-refractivity contribution >= 4 is 34.2 Å². The molecule has 0 bridgehead atoms. The average molecular weight is 307 g/mol. The average Bonchev–Trinajstić information content (AvgIpc) is 2.38. The van der Waals surface area contributed by atoms with Crippen LogP contribution in [0.4, 0.5) is 18.9 Å². The van der Waals surface area contributed by atoms with E-state index in [4.69, 9.17) is 10.8 Å². The summed E-state index contributed by atoms with van der Waals surface area (Å²) in [5, 5.41) is 9.18. The molecule has 2 rings (SSSR count). The zero-order valence-electron chi connectivity index (χ0n) is 10.2. The quantitative estimate of drug-likeness (QED) is 0.625. The fourth-order valence-corrected chi connectivity index (χ4v) is 1.53. The highest BCUT2D eigenvalue weighted by Gasteiger charge is 2.32. The normalized spacial score (nSPS) is 10.8. The molecule has 4 nitrogen and oxygen atoms in total. The Balaban J connectivity index is 0.000000956. The number of alkyl halides is 4. The first-order valence-corrected chi connectivity index (χ1v) is 5.93. The first-order valence-electron chi connectivity index (χ1n) is 5.17. The molecule has 0 aliphatic carbocycles. The van der Waals surface area contributed by atoms with Crippen LogP contribution in [0.5, 0.6) is 0 Å². The zero-order chi connectivity index (χ0) is 15.5.